The number of aryl methyl sites for hydroxylation is 1. The van der Waals surface area contributed by atoms with E-state index in [0.29, 0.717) is 0 Å². The molecule has 1 atom stereocenters. The van der Waals surface area contributed by atoms with Gasteiger partial charge in [0.05, 0.1) is 17.2 Å². The maximum absolute atomic E-state index is 5.92. The van der Waals surface area contributed by atoms with E-state index in [0.717, 1.165) is 36.5 Å². The number of aromatic nitrogens is 3. The molecule has 3 rings (SSSR count). The maximum Gasteiger partial charge on any atom is 0.206 e. The third kappa shape index (κ3) is 1.36. The first-order valence-corrected chi connectivity index (χ1v) is 5.52. The fourth-order valence-electron chi connectivity index (χ4n) is 2.27. The van der Waals surface area contributed by atoms with Crippen LogP contribution < -0.4 is 10.6 Å². The minimum absolute atomic E-state index is 0.276. The van der Waals surface area contributed by atoms with E-state index < -0.39 is 0 Å². The average molecular weight is 217 g/mol. The number of fused-ring (bicyclic) bond motifs is 1. The Morgan fingerprint density at radius 1 is 1.50 bits per heavy atom. The minimum atomic E-state index is 0.276. The Morgan fingerprint density at radius 2 is 2.38 bits per heavy atom. The number of rotatable bonds is 1. The zero-order chi connectivity index (χ0) is 11.1. The van der Waals surface area contributed by atoms with Crippen molar-refractivity contribution in [3.8, 4) is 0 Å². The molecular weight excluding hydrogens is 202 g/mol. The van der Waals surface area contributed by atoms with Crippen molar-refractivity contribution in [2.45, 2.75) is 12.5 Å². The van der Waals surface area contributed by atoms with Gasteiger partial charge < -0.3 is 15.2 Å². The number of hydrogen-bond donors (Lipinski definition) is 1. The molecule has 0 spiro atoms. The van der Waals surface area contributed by atoms with Crippen LogP contribution in [0.3, 0.4) is 0 Å². The van der Waals surface area contributed by atoms with Crippen LogP contribution in [0.1, 0.15) is 6.42 Å². The molecule has 0 amide bonds. The lowest BCUT2D eigenvalue weighted by molar-refractivity contribution is 0.747. The molecule has 84 valence electrons. The minimum Gasteiger partial charge on any atom is -0.341 e. The third-order valence-electron chi connectivity index (χ3n) is 3.17. The van der Waals surface area contributed by atoms with E-state index in [2.05, 4.69) is 19.4 Å². The van der Waals surface area contributed by atoms with Gasteiger partial charge in [0.25, 0.3) is 0 Å². The van der Waals surface area contributed by atoms with Crippen LogP contribution in [-0.4, -0.2) is 33.7 Å². The molecule has 1 aliphatic rings. The van der Waals surface area contributed by atoms with Crippen LogP contribution >= 0.6 is 0 Å². The lowest BCUT2D eigenvalue weighted by Gasteiger charge is -2.16. The molecular formula is C11H15N5. The highest BCUT2D eigenvalue weighted by molar-refractivity contribution is 5.77. The normalized spacial score (nSPS) is 20.9. The van der Waals surface area contributed by atoms with E-state index in [1.54, 1.807) is 6.20 Å². The summed E-state index contributed by atoms with van der Waals surface area (Å²) in [6.07, 6.45) is 4.66. The van der Waals surface area contributed by atoms with Crippen molar-refractivity contribution in [1.82, 2.24) is 14.5 Å². The molecule has 0 bridgehead atoms. The van der Waals surface area contributed by atoms with Gasteiger partial charge in [-0.25, -0.2) is 4.98 Å². The molecule has 2 N–H and O–H groups in total. The van der Waals surface area contributed by atoms with Gasteiger partial charge in [-0.05, 0) is 12.5 Å². The van der Waals surface area contributed by atoms with Crippen LogP contribution in [0.2, 0.25) is 0 Å². The van der Waals surface area contributed by atoms with E-state index in [1.165, 1.54) is 0 Å². The molecule has 2 aromatic rings. The van der Waals surface area contributed by atoms with Crippen molar-refractivity contribution >= 4 is 17.0 Å². The summed E-state index contributed by atoms with van der Waals surface area (Å²) in [6.45, 7) is 1.89. The van der Waals surface area contributed by atoms with E-state index in [9.17, 15) is 0 Å². The maximum atomic E-state index is 5.92. The second kappa shape index (κ2) is 3.45. The highest BCUT2D eigenvalue weighted by Gasteiger charge is 2.23. The van der Waals surface area contributed by atoms with Crippen molar-refractivity contribution in [1.29, 1.82) is 0 Å². The van der Waals surface area contributed by atoms with Gasteiger partial charge in [-0.15, -0.1) is 0 Å². The zero-order valence-electron chi connectivity index (χ0n) is 9.30. The molecule has 0 aliphatic carbocycles. The van der Waals surface area contributed by atoms with Crippen LogP contribution in [0.15, 0.2) is 18.5 Å². The Labute approximate surface area is 93.9 Å². The Kier molecular flexibility index (Phi) is 2.07. The number of hydrogen-bond acceptors (Lipinski definition) is 4. The molecule has 1 aliphatic heterocycles. The predicted molar refractivity (Wildman–Crippen MR) is 63.3 cm³/mol. The van der Waals surface area contributed by atoms with E-state index in [4.69, 9.17) is 5.73 Å². The highest BCUT2D eigenvalue weighted by Crippen LogP contribution is 2.22. The summed E-state index contributed by atoms with van der Waals surface area (Å²) in [5, 5.41) is 0. The zero-order valence-corrected chi connectivity index (χ0v) is 9.30. The van der Waals surface area contributed by atoms with Crippen LogP contribution in [0.5, 0.6) is 0 Å². The Hall–Kier alpha value is -1.62. The van der Waals surface area contributed by atoms with Crippen molar-refractivity contribution < 1.29 is 0 Å². The van der Waals surface area contributed by atoms with Crippen LogP contribution in [0, 0.1) is 0 Å². The summed E-state index contributed by atoms with van der Waals surface area (Å²) >= 11 is 0. The van der Waals surface area contributed by atoms with Gasteiger partial charge in [0, 0.05) is 32.4 Å². The molecule has 2 aromatic heterocycles. The molecule has 0 saturated carbocycles. The highest BCUT2D eigenvalue weighted by atomic mass is 15.3. The summed E-state index contributed by atoms with van der Waals surface area (Å²) < 4.78 is 2.08. The van der Waals surface area contributed by atoms with Crippen molar-refractivity contribution in [3.63, 3.8) is 0 Å². The van der Waals surface area contributed by atoms with Crippen LogP contribution in [-0.2, 0) is 7.05 Å². The monoisotopic (exact) mass is 217 g/mol. The first kappa shape index (κ1) is 9.59. The molecule has 1 saturated heterocycles. The van der Waals surface area contributed by atoms with Gasteiger partial charge in [0.1, 0.15) is 0 Å². The van der Waals surface area contributed by atoms with E-state index in [1.807, 2.05) is 19.3 Å². The fraction of sp³-hybridized carbons (Fsp3) is 0.455. The smallest absolute Gasteiger partial charge is 0.206 e. The van der Waals surface area contributed by atoms with Crippen LogP contribution in [0.4, 0.5) is 5.95 Å². The summed E-state index contributed by atoms with van der Waals surface area (Å²) in [6, 6.07) is 2.22. The van der Waals surface area contributed by atoms with Gasteiger partial charge in [0.15, 0.2) is 0 Å². The molecule has 5 heteroatoms. The molecule has 16 heavy (non-hydrogen) atoms. The quantitative estimate of drug-likeness (QED) is 0.756. The average Bonchev–Trinajstić information content (AvgIpc) is 2.84. The lowest BCUT2D eigenvalue weighted by atomic mass is 10.3. The van der Waals surface area contributed by atoms with Gasteiger partial charge in [-0.1, -0.05) is 0 Å². The van der Waals surface area contributed by atoms with Crippen LogP contribution in [0.25, 0.3) is 11.0 Å². The Morgan fingerprint density at radius 3 is 3.06 bits per heavy atom. The molecule has 1 fully saturated rings. The SMILES string of the molecule is Cn1c(N2CCC(N)C2)nc2ccncc21. The second-order valence-corrected chi connectivity index (χ2v) is 4.33. The van der Waals surface area contributed by atoms with E-state index in [-0.39, 0.29) is 6.04 Å². The molecule has 0 radical (unpaired) electrons. The number of anilines is 1. The third-order valence-corrected chi connectivity index (χ3v) is 3.17. The second-order valence-electron chi connectivity index (χ2n) is 4.33. The first-order chi connectivity index (χ1) is 7.75. The standard InChI is InChI=1S/C11H15N5/c1-15-10-6-13-4-2-9(10)14-11(15)16-5-3-8(12)7-16/h2,4,6,8H,3,5,7,12H2,1H3. The topological polar surface area (TPSA) is 60.0 Å². The summed E-state index contributed by atoms with van der Waals surface area (Å²) in [4.78, 5) is 11.0. The fourth-order valence-corrected chi connectivity index (χ4v) is 2.27. The summed E-state index contributed by atoms with van der Waals surface area (Å²) in [5.74, 6) is 0.996. The number of nitrogens with zero attached hydrogens (tertiary/aromatic N) is 4. The number of nitrogens with two attached hydrogens (primary N) is 1. The molecule has 3 heterocycles. The van der Waals surface area contributed by atoms with E-state index >= 15 is 0 Å². The summed E-state index contributed by atoms with van der Waals surface area (Å²) in [5.41, 5.74) is 7.98. The van der Waals surface area contributed by atoms with Crippen molar-refractivity contribution in [3.05, 3.63) is 18.5 Å². The van der Waals surface area contributed by atoms with Crippen molar-refractivity contribution in [2.24, 2.45) is 12.8 Å². The molecule has 1 unspecified atom stereocenters. The lowest BCUT2D eigenvalue weighted by Crippen LogP contribution is -2.28. The Bertz CT molecular complexity index is 518. The summed E-state index contributed by atoms with van der Waals surface area (Å²) in [7, 11) is 2.02. The largest absolute Gasteiger partial charge is 0.341 e. The Balaban J connectivity index is 2.07. The predicted octanol–water partition coefficient (Wildman–Crippen LogP) is 0.506. The van der Waals surface area contributed by atoms with Gasteiger partial charge >= 0.3 is 0 Å². The van der Waals surface area contributed by atoms with Crippen molar-refractivity contribution in [2.75, 3.05) is 18.0 Å². The van der Waals surface area contributed by atoms with Gasteiger partial charge in [0.2, 0.25) is 5.95 Å². The van der Waals surface area contributed by atoms with Gasteiger partial charge in [-0.2, -0.15) is 0 Å². The first-order valence-electron chi connectivity index (χ1n) is 5.52. The molecule has 5 nitrogen and oxygen atoms in total. The molecule has 0 aromatic carbocycles. The number of imidazole rings is 1. The van der Waals surface area contributed by atoms with Gasteiger partial charge in [-0.3, -0.25) is 4.98 Å². The number of pyridine rings is 1.